The quantitative estimate of drug-likeness (QED) is 0.705. The van der Waals surface area contributed by atoms with Crippen LogP contribution in [0.3, 0.4) is 0 Å². The first-order valence-electron chi connectivity index (χ1n) is 7.81. The maximum atomic E-state index is 12.5. The zero-order valence-electron chi connectivity index (χ0n) is 14.8. The van der Waals surface area contributed by atoms with Gasteiger partial charge in [0.15, 0.2) is 0 Å². The molecule has 29 heavy (non-hydrogen) atoms. The average Bonchev–Trinajstić information content (AvgIpc) is 2.70. The van der Waals surface area contributed by atoms with Gasteiger partial charge >= 0.3 is 16.8 Å². The van der Waals surface area contributed by atoms with Crippen molar-refractivity contribution in [3.8, 4) is 5.75 Å². The smallest absolute Gasteiger partial charge is 0.406 e. The molecule has 0 radical (unpaired) electrons. The van der Waals surface area contributed by atoms with Gasteiger partial charge in [0.1, 0.15) is 12.3 Å². The van der Waals surface area contributed by atoms with Crippen LogP contribution < -0.4 is 9.64 Å². The van der Waals surface area contributed by atoms with Gasteiger partial charge in [0.2, 0.25) is 5.91 Å². The number of alkyl halides is 3. The van der Waals surface area contributed by atoms with Crippen molar-refractivity contribution in [1.82, 2.24) is 0 Å². The molecule has 0 aromatic heterocycles. The Kier molecular flexibility index (Phi) is 6.62. The van der Waals surface area contributed by atoms with Gasteiger partial charge in [-0.1, -0.05) is 30.3 Å². The molecule has 2 aromatic carbocycles. The van der Waals surface area contributed by atoms with Crippen LogP contribution in [-0.4, -0.2) is 49.1 Å². The number of aliphatic imine (C=N–C) groups is 1. The summed E-state index contributed by atoms with van der Waals surface area (Å²) < 4.78 is 73.1. The normalized spacial score (nSPS) is 14.2. The summed E-state index contributed by atoms with van der Waals surface area (Å²) in [7, 11) is -3.10. The molecular formula is C17H15F3N2O6S. The van der Waals surface area contributed by atoms with E-state index in [0.29, 0.717) is 22.5 Å². The molecule has 3 rings (SSSR count). The number of likely N-dealkylation sites (N-methyl/N-ethyl adjacent to an activating group) is 1. The molecule has 2 aromatic rings. The number of benzene rings is 2. The predicted molar refractivity (Wildman–Crippen MR) is 97.7 cm³/mol. The second-order valence-electron chi connectivity index (χ2n) is 5.66. The van der Waals surface area contributed by atoms with Gasteiger partial charge in [0.25, 0.3) is 0 Å². The number of halogens is 3. The predicted octanol–water partition coefficient (Wildman–Crippen LogP) is 2.75. The van der Waals surface area contributed by atoms with Gasteiger partial charge in [-0.15, -0.1) is 13.2 Å². The lowest BCUT2D eigenvalue weighted by molar-refractivity contribution is -0.274. The number of hydrogen-bond donors (Lipinski definition) is 2. The highest BCUT2D eigenvalue weighted by molar-refractivity contribution is 7.79. The van der Waals surface area contributed by atoms with E-state index in [1.807, 2.05) is 6.07 Å². The number of benzodiazepines with no additional fused rings is 1. The molecule has 12 heteroatoms. The number of amides is 1. The SMILES string of the molecule is CN1C(=O)CN=C(c2ccccc2)c2cc(OC(F)(F)F)ccc21.O=S(=O)(O)O. The average molecular weight is 432 g/mol. The van der Waals surface area contributed by atoms with E-state index >= 15 is 0 Å². The van der Waals surface area contributed by atoms with Crippen molar-refractivity contribution in [3.05, 3.63) is 59.7 Å². The van der Waals surface area contributed by atoms with Gasteiger partial charge in [0.05, 0.1) is 11.4 Å². The molecule has 0 saturated heterocycles. The number of carbonyl (C=O) groups is 1. The molecule has 0 unspecified atom stereocenters. The van der Waals surface area contributed by atoms with Gasteiger partial charge in [0, 0.05) is 18.2 Å². The zero-order valence-corrected chi connectivity index (χ0v) is 15.6. The number of fused-ring (bicyclic) bond motifs is 1. The summed E-state index contributed by atoms with van der Waals surface area (Å²) in [5.41, 5.74) is 2.06. The summed E-state index contributed by atoms with van der Waals surface area (Å²) in [4.78, 5) is 17.7. The van der Waals surface area contributed by atoms with Crippen LogP contribution in [-0.2, 0) is 15.2 Å². The van der Waals surface area contributed by atoms with E-state index in [-0.39, 0.29) is 18.2 Å². The van der Waals surface area contributed by atoms with Crippen LogP contribution in [0.2, 0.25) is 0 Å². The van der Waals surface area contributed by atoms with Crippen molar-refractivity contribution in [1.29, 1.82) is 0 Å². The summed E-state index contributed by atoms with van der Waals surface area (Å²) in [5.74, 6) is -0.598. The van der Waals surface area contributed by atoms with Crippen molar-refractivity contribution in [2.75, 3.05) is 18.5 Å². The molecule has 0 aliphatic carbocycles. The summed E-state index contributed by atoms with van der Waals surface area (Å²) >= 11 is 0. The second-order valence-corrected chi connectivity index (χ2v) is 6.55. The number of nitrogens with zero attached hydrogens (tertiary/aromatic N) is 2. The Morgan fingerprint density at radius 1 is 1.10 bits per heavy atom. The van der Waals surface area contributed by atoms with E-state index in [9.17, 15) is 18.0 Å². The minimum absolute atomic E-state index is 0.0785. The molecule has 0 atom stereocenters. The number of rotatable bonds is 2. The van der Waals surface area contributed by atoms with Crippen LogP contribution in [0, 0.1) is 0 Å². The van der Waals surface area contributed by atoms with Crippen molar-refractivity contribution in [3.63, 3.8) is 0 Å². The van der Waals surface area contributed by atoms with Gasteiger partial charge < -0.3 is 9.64 Å². The van der Waals surface area contributed by atoms with Crippen molar-refractivity contribution < 1.29 is 40.2 Å². The lowest BCUT2D eigenvalue weighted by Crippen LogP contribution is -2.27. The molecule has 1 heterocycles. The minimum atomic E-state index is -4.79. The van der Waals surface area contributed by atoms with Gasteiger partial charge in [-0.3, -0.25) is 18.9 Å². The monoisotopic (exact) mass is 432 g/mol. The number of anilines is 1. The van der Waals surface area contributed by atoms with Crippen LogP contribution in [0.1, 0.15) is 11.1 Å². The van der Waals surface area contributed by atoms with E-state index in [2.05, 4.69) is 9.73 Å². The van der Waals surface area contributed by atoms with E-state index < -0.39 is 16.8 Å². The van der Waals surface area contributed by atoms with E-state index in [0.717, 1.165) is 0 Å². The molecule has 1 aliphatic heterocycles. The Balaban J connectivity index is 0.000000537. The van der Waals surface area contributed by atoms with Gasteiger partial charge in [-0.05, 0) is 18.2 Å². The highest BCUT2D eigenvalue weighted by Crippen LogP contribution is 2.32. The lowest BCUT2D eigenvalue weighted by Gasteiger charge is -2.19. The molecule has 0 fully saturated rings. The summed E-state index contributed by atoms with van der Waals surface area (Å²) in [6, 6.07) is 12.9. The van der Waals surface area contributed by atoms with Crippen LogP contribution in [0.5, 0.6) is 5.75 Å². The third-order valence-corrected chi connectivity index (χ3v) is 3.61. The maximum Gasteiger partial charge on any atom is 0.573 e. The fourth-order valence-corrected chi connectivity index (χ4v) is 2.51. The molecule has 156 valence electrons. The van der Waals surface area contributed by atoms with Crippen molar-refractivity contribution in [2.24, 2.45) is 4.99 Å². The lowest BCUT2D eigenvalue weighted by atomic mass is 10.00. The first kappa shape index (κ1) is 22.3. The van der Waals surface area contributed by atoms with Crippen LogP contribution in [0.4, 0.5) is 18.9 Å². The first-order chi connectivity index (χ1) is 13.3. The Hall–Kier alpha value is -2.96. The van der Waals surface area contributed by atoms with Crippen molar-refractivity contribution in [2.45, 2.75) is 6.36 Å². The summed E-state index contributed by atoms with van der Waals surface area (Å²) in [6.45, 7) is -0.0785. The highest BCUT2D eigenvalue weighted by atomic mass is 32.3. The standard InChI is InChI=1S/C17H13F3N2O2.H2O4S/c1-22-14-8-7-12(24-17(18,19)20)9-13(14)16(21-10-15(22)23)11-5-3-2-4-6-11;1-5(2,3)4/h2-9H,10H2,1H3;(H2,1,2,3,4). The van der Waals surface area contributed by atoms with E-state index in [1.54, 1.807) is 31.3 Å². The molecular weight excluding hydrogens is 417 g/mol. The summed E-state index contributed by atoms with van der Waals surface area (Å²) in [5, 5.41) is 0. The summed E-state index contributed by atoms with van der Waals surface area (Å²) in [6.07, 6.45) is -4.79. The molecule has 0 bridgehead atoms. The van der Waals surface area contributed by atoms with Crippen molar-refractivity contribution >= 4 is 27.7 Å². The van der Waals surface area contributed by atoms with E-state index in [1.165, 1.54) is 23.1 Å². The topological polar surface area (TPSA) is 117 Å². The molecule has 1 amide bonds. The third kappa shape index (κ3) is 6.85. The molecule has 2 N–H and O–H groups in total. The Morgan fingerprint density at radius 2 is 1.69 bits per heavy atom. The minimum Gasteiger partial charge on any atom is -0.406 e. The number of hydrogen-bond acceptors (Lipinski definition) is 5. The Labute approximate surface area is 163 Å². The second kappa shape index (κ2) is 8.59. The maximum absolute atomic E-state index is 12.5. The van der Waals surface area contributed by atoms with Crippen LogP contribution >= 0.6 is 0 Å². The fraction of sp³-hybridized carbons (Fsp3) is 0.176. The Bertz CT molecular complexity index is 1020. The molecule has 0 spiro atoms. The van der Waals surface area contributed by atoms with E-state index in [4.69, 9.17) is 17.5 Å². The largest absolute Gasteiger partial charge is 0.573 e. The molecule has 0 saturated carbocycles. The number of ether oxygens (including phenoxy) is 1. The molecule has 1 aliphatic rings. The van der Waals surface area contributed by atoms with Crippen LogP contribution in [0.15, 0.2) is 53.5 Å². The highest BCUT2D eigenvalue weighted by Gasteiger charge is 2.32. The third-order valence-electron chi connectivity index (χ3n) is 3.61. The fourth-order valence-electron chi connectivity index (χ4n) is 2.51. The van der Waals surface area contributed by atoms with Gasteiger partial charge in [-0.25, -0.2) is 0 Å². The Morgan fingerprint density at radius 3 is 2.24 bits per heavy atom. The first-order valence-corrected chi connectivity index (χ1v) is 9.21. The van der Waals surface area contributed by atoms with Crippen LogP contribution in [0.25, 0.3) is 0 Å². The zero-order chi connectivity index (χ0) is 21.8. The van der Waals surface area contributed by atoms with Gasteiger partial charge in [-0.2, -0.15) is 8.42 Å². The molecule has 8 nitrogen and oxygen atoms in total. The number of carbonyl (C=O) groups excluding carboxylic acids is 1.